The van der Waals surface area contributed by atoms with Crippen LogP contribution in [-0.2, 0) is 14.8 Å². The Hall–Kier alpha value is -2.25. The molecule has 0 heterocycles. The number of hydrogen-bond donors (Lipinski definition) is 1. The normalized spacial score (nSPS) is 12.5. The molecule has 2 aromatic rings. The molecule has 0 aliphatic carbocycles. The quantitative estimate of drug-likeness (QED) is 0.516. The van der Waals surface area contributed by atoms with Crippen LogP contribution in [0, 0.1) is 5.92 Å². The molecule has 1 amide bonds. The van der Waals surface area contributed by atoms with E-state index in [4.69, 9.17) is 16.3 Å². The first-order valence-corrected chi connectivity index (χ1v) is 12.5. The minimum Gasteiger partial charge on any atom is -0.495 e. The van der Waals surface area contributed by atoms with Gasteiger partial charge >= 0.3 is 0 Å². The zero-order chi connectivity index (χ0) is 23.0. The van der Waals surface area contributed by atoms with Crippen molar-refractivity contribution in [2.45, 2.75) is 39.2 Å². The monoisotopic (exact) mass is 466 g/mol. The lowest BCUT2D eigenvalue weighted by Crippen LogP contribution is -2.33. The maximum absolute atomic E-state index is 12.6. The number of ether oxygens (including phenoxy) is 1. The van der Waals surface area contributed by atoms with Crippen molar-refractivity contribution in [3.05, 3.63) is 59.1 Å². The van der Waals surface area contributed by atoms with Crippen molar-refractivity contribution in [1.29, 1.82) is 0 Å². The Balaban J connectivity index is 2.02. The van der Waals surface area contributed by atoms with E-state index >= 15 is 0 Å². The first kappa shape index (κ1) is 25.0. The van der Waals surface area contributed by atoms with Crippen molar-refractivity contribution >= 4 is 33.2 Å². The summed E-state index contributed by atoms with van der Waals surface area (Å²) in [5, 5.41) is 3.42. The molecule has 31 heavy (non-hydrogen) atoms. The number of rotatable bonds is 11. The van der Waals surface area contributed by atoms with Crippen LogP contribution in [0.5, 0.6) is 5.75 Å². The van der Waals surface area contributed by atoms with Crippen molar-refractivity contribution in [3.8, 4) is 5.75 Å². The summed E-state index contributed by atoms with van der Waals surface area (Å²) in [5.74, 6) is 0.789. The molecule has 0 spiro atoms. The standard InChI is InChI=1S/C23H31ClN2O4S/c1-17(2)15-21(18-9-6-5-7-10-18)25-23(27)11-8-14-26(31(4,28)29)19-12-13-22(30-3)20(24)16-19/h5-7,9-10,12-13,16-17,21H,8,11,14-15H2,1-4H3,(H,25,27)/t21-/m1/s1. The summed E-state index contributed by atoms with van der Waals surface area (Å²) >= 11 is 6.15. The van der Waals surface area contributed by atoms with E-state index < -0.39 is 10.0 Å². The highest BCUT2D eigenvalue weighted by Gasteiger charge is 2.20. The average molecular weight is 467 g/mol. The van der Waals surface area contributed by atoms with Gasteiger partial charge in [0.05, 0.1) is 30.1 Å². The highest BCUT2D eigenvalue weighted by Crippen LogP contribution is 2.30. The van der Waals surface area contributed by atoms with Gasteiger partial charge in [-0.2, -0.15) is 0 Å². The summed E-state index contributed by atoms with van der Waals surface area (Å²) < 4.78 is 31.0. The molecule has 170 valence electrons. The summed E-state index contributed by atoms with van der Waals surface area (Å²) in [7, 11) is -2.04. The lowest BCUT2D eigenvalue weighted by atomic mass is 9.97. The Morgan fingerprint density at radius 2 is 1.84 bits per heavy atom. The first-order valence-electron chi connectivity index (χ1n) is 10.3. The number of benzene rings is 2. The van der Waals surface area contributed by atoms with Gasteiger partial charge in [0, 0.05) is 13.0 Å². The second-order valence-corrected chi connectivity index (χ2v) is 10.2. The molecule has 0 fully saturated rings. The summed E-state index contributed by atoms with van der Waals surface area (Å²) in [4.78, 5) is 12.6. The van der Waals surface area contributed by atoms with Gasteiger partial charge in [-0.3, -0.25) is 9.10 Å². The molecule has 0 unspecified atom stereocenters. The van der Waals surface area contributed by atoms with Gasteiger partial charge in [0.25, 0.3) is 0 Å². The Bertz CT molecular complexity index is 965. The van der Waals surface area contributed by atoms with Crippen LogP contribution in [-0.4, -0.2) is 34.2 Å². The molecule has 2 rings (SSSR count). The van der Waals surface area contributed by atoms with Crippen LogP contribution in [0.3, 0.4) is 0 Å². The maximum Gasteiger partial charge on any atom is 0.232 e. The maximum atomic E-state index is 12.6. The third kappa shape index (κ3) is 7.74. The minimum absolute atomic E-state index is 0.0693. The largest absolute Gasteiger partial charge is 0.495 e. The van der Waals surface area contributed by atoms with Crippen LogP contribution in [0.4, 0.5) is 5.69 Å². The van der Waals surface area contributed by atoms with Crippen LogP contribution < -0.4 is 14.4 Å². The van der Waals surface area contributed by atoms with Gasteiger partial charge in [-0.25, -0.2) is 8.42 Å². The molecule has 0 aliphatic rings. The fourth-order valence-corrected chi connectivity index (χ4v) is 4.59. The first-order chi connectivity index (χ1) is 14.6. The number of sulfonamides is 1. The number of hydrogen-bond acceptors (Lipinski definition) is 4. The molecule has 0 saturated heterocycles. The summed E-state index contributed by atoms with van der Waals surface area (Å²) in [6.07, 6.45) is 2.57. The second kappa shape index (κ2) is 11.4. The third-order valence-corrected chi connectivity index (χ3v) is 6.32. The number of anilines is 1. The number of nitrogens with one attached hydrogen (secondary N) is 1. The van der Waals surface area contributed by atoms with E-state index in [-0.39, 0.29) is 24.9 Å². The zero-order valence-corrected chi connectivity index (χ0v) is 20.0. The summed E-state index contributed by atoms with van der Waals surface area (Å²) in [5.41, 5.74) is 1.51. The Labute approximate surface area is 190 Å². The minimum atomic E-state index is -3.53. The SMILES string of the molecule is COc1ccc(N(CCCC(=O)N[C@H](CC(C)C)c2ccccc2)S(C)(=O)=O)cc1Cl. The van der Waals surface area contributed by atoms with Gasteiger partial charge in [-0.15, -0.1) is 0 Å². The van der Waals surface area contributed by atoms with Gasteiger partial charge in [0.2, 0.25) is 15.9 Å². The molecule has 0 aromatic heterocycles. The van der Waals surface area contributed by atoms with Crippen molar-refractivity contribution in [1.82, 2.24) is 5.32 Å². The van der Waals surface area contributed by atoms with E-state index in [2.05, 4.69) is 19.2 Å². The van der Waals surface area contributed by atoms with E-state index in [0.29, 0.717) is 28.8 Å². The van der Waals surface area contributed by atoms with E-state index in [1.807, 2.05) is 30.3 Å². The fourth-order valence-electron chi connectivity index (χ4n) is 3.38. The summed E-state index contributed by atoms with van der Waals surface area (Å²) in [6, 6.07) is 14.6. The molecule has 8 heteroatoms. The summed E-state index contributed by atoms with van der Waals surface area (Å²) in [6.45, 7) is 4.41. The highest BCUT2D eigenvalue weighted by atomic mass is 35.5. The Morgan fingerprint density at radius 1 is 1.16 bits per heavy atom. The molecule has 0 saturated carbocycles. The Morgan fingerprint density at radius 3 is 2.39 bits per heavy atom. The second-order valence-electron chi connectivity index (χ2n) is 7.92. The van der Waals surface area contributed by atoms with Crippen LogP contribution in [0.25, 0.3) is 0 Å². The van der Waals surface area contributed by atoms with Crippen molar-refractivity contribution in [2.24, 2.45) is 5.92 Å². The van der Waals surface area contributed by atoms with E-state index in [0.717, 1.165) is 18.2 Å². The average Bonchev–Trinajstić information content (AvgIpc) is 2.70. The molecule has 1 N–H and O–H groups in total. The van der Waals surface area contributed by atoms with Gasteiger partial charge in [-0.05, 0) is 42.5 Å². The molecule has 1 atom stereocenters. The predicted molar refractivity (Wildman–Crippen MR) is 126 cm³/mol. The lowest BCUT2D eigenvalue weighted by Gasteiger charge is -2.24. The third-order valence-electron chi connectivity index (χ3n) is 4.83. The predicted octanol–water partition coefficient (Wildman–Crippen LogP) is 4.80. The van der Waals surface area contributed by atoms with Gasteiger partial charge < -0.3 is 10.1 Å². The van der Waals surface area contributed by atoms with Crippen molar-refractivity contribution < 1.29 is 17.9 Å². The highest BCUT2D eigenvalue weighted by molar-refractivity contribution is 7.92. The van der Waals surface area contributed by atoms with E-state index in [9.17, 15) is 13.2 Å². The van der Waals surface area contributed by atoms with Crippen molar-refractivity contribution in [2.75, 3.05) is 24.2 Å². The number of carbonyl (C=O) groups excluding carboxylic acids is 1. The van der Waals surface area contributed by atoms with Gasteiger partial charge in [-0.1, -0.05) is 55.8 Å². The van der Waals surface area contributed by atoms with Crippen LogP contribution in [0.2, 0.25) is 5.02 Å². The number of amides is 1. The smallest absolute Gasteiger partial charge is 0.232 e. The molecular weight excluding hydrogens is 436 g/mol. The molecule has 0 aliphatic heterocycles. The van der Waals surface area contributed by atoms with E-state index in [1.165, 1.54) is 11.4 Å². The number of carbonyl (C=O) groups is 1. The fraction of sp³-hybridized carbons (Fsp3) is 0.435. The lowest BCUT2D eigenvalue weighted by molar-refractivity contribution is -0.122. The molecule has 0 bridgehead atoms. The number of nitrogens with zero attached hydrogens (tertiary/aromatic N) is 1. The van der Waals surface area contributed by atoms with Crippen LogP contribution in [0.15, 0.2) is 48.5 Å². The Kier molecular flexibility index (Phi) is 9.19. The van der Waals surface area contributed by atoms with Crippen LogP contribution >= 0.6 is 11.6 Å². The van der Waals surface area contributed by atoms with E-state index in [1.54, 1.807) is 18.2 Å². The van der Waals surface area contributed by atoms with Crippen LogP contribution in [0.1, 0.15) is 44.7 Å². The molecule has 2 aromatic carbocycles. The van der Waals surface area contributed by atoms with Crippen molar-refractivity contribution in [3.63, 3.8) is 0 Å². The van der Waals surface area contributed by atoms with Gasteiger partial charge in [0.15, 0.2) is 0 Å². The topological polar surface area (TPSA) is 75.7 Å². The zero-order valence-electron chi connectivity index (χ0n) is 18.5. The number of halogens is 1. The molecular formula is C23H31ClN2O4S. The number of methoxy groups -OCH3 is 1. The molecule has 6 nitrogen and oxygen atoms in total. The van der Waals surface area contributed by atoms with Gasteiger partial charge in [0.1, 0.15) is 5.75 Å². The molecule has 0 radical (unpaired) electrons.